The Balaban J connectivity index is 1.60. The summed E-state index contributed by atoms with van der Waals surface area (Å²) in [4.78, 5) is 8.19. The number of benzene rings is 3. The van der Waals surface area contributed by atoms with Crippen molar-refractivity contribution >= 4 is 26.7 Å². The van der Waals surface area contributed by atoms with E-state index in [2.05, 4.69) is 14.7 Å². The summed E-state index contributed by atoms with van der Waals surface area (Å²) in [5.74, 6) is 0.757. The predicted octanol–water partition coefficient (Wildman–Crippen LogP) is 4.65. The van der Waals surface area contributed by atoms with Crippen molar-refractivity contribution in [3.63, 3.8) is 0 Å². The van der Waals surface area contributed by atoms with Crippen LogP contribution in [-0.4, -0.2) is 18.4 Å². The molecule has 4 rings (SSSR count). The average Bonchev–Trinajstić information content (AvgIpc) is 3.08. The molecule has 1 aromatic heterocycles. The number of nitrogens with zero attached hydrogens (tertiary/aromatic N) is 1. The number of hydrogen-bond acceptors (Lipinski definition) is 3. The third kappa shape index (κ3) is 3.44. The minimum Gasteiger partial charge on any atom is -0.338 e. The highest BCUT2D eigenvalue weighted by molar-refractivity contribution is 7.92. The van der Waals surface area contributed by atoms with Gasteiger partial charge in [-0.15, -0.1) is 0 Å². The van der Waals surface area contributed by atoms with Crippen molar-refractivity contribution in [2.45, 2.75) is 18.7 Å². The number of H-pyrrole nitrogens is 1. The zero-order chi connectivity index (χ0) is 19.0. The average molecular weight is 377 g/mol. The highest BCUT2D eigenvalue weighted by Gasteiger charge is 2.14. The molecule has 136 valence electrons. The Labute approximate surface area is 158 Å². The van der Waals surface area contributed by atoms with E-state index < -0.39 is 10.0 Å². The molecule has 0 atom stereocenters. The Hall–Kier alpha value is -3.12. The largest absolute Gasteiger partial charge is 0.338 e. The predicted molar refractivity (Wildman–Crippen MR) is 108 cm³/mol. The first-order valence-electron chi connectivity index (χ1n) is 8.58. The summed E-state index contributed by atoms with van der Waals surface area (Å²) in [5, 5.41) is 0. The summed E-state index contributed by atoms with van der Waals surface area (Å²) in [6.07, 6.45) is 0. The zero-order valence-corrected chi connectivity index (χ0v) is 15.8. The summed E-state index contributed by atoms with van der Waals surface area (Å²) in [7, 11) is -3.61. The first-order valence-corrected chi connectivity index (χ1v) is 10.1. The maximum atomic E-state index is 12.5. The van der Waals surface area contributed by atoms with Crippen LogP contribution in [0.4, 0.5) is 5.69 Å². The fourth-order valence-corrected chi connectivity index (χ4v) is 4.00. The number of sulfonamides is 1. The molecule has 0 radical (unpaired) electrons. The van der Waals surface area contributed by atoms with Gasteiger partial charge in [0, 0.05) is 11.3 Å². The Morgan fingerprint density at radius 3 is 2.26 bits per heavy atom. The molecule has 2 N–H and O–H groups in total. The number of imidazole rings is 1. The number of aromatic amines is 1. The molecule has 0 aliphatic rings. The van der Waals surface area contributed by atoms with E-state index in [0.717, 1.165) is 33.5 Å². The third-order valence-corrected chi connectivity index (χ3v) is 5.85. The molecule has 4 aromatic rings. The fraction of sp³-hybridized carbons (Fsp3) is 0.0952. The van der Waals surface area contributed by atoms with Gasteiger partial charge >= 0.3 is 0 Å². The number of hydrogen-bond donors (Lipinski definition) is 2. The zero-order valence-electron chi connectivity index (χ0n) is 15.0. The number of nitrogens with one attached hydrogen (secondary N) is 2. The summed E-state index contributed by atoms with van der Waals surface area (Å²) >= 11 is 0. The van der Waals surface area contributed by atoms with Gasteiger partial charge in [0.2, 0.25) is 0 Å². The molecule has 0 saturated carbocycles. The van der Waals surface area contributed by atoms with Crippen LogP contribution in [0.15, 0.2) is 71.6 Å². The number of fused-ring (bicyclic) bond motifs is 1. The SMILES string of the molecule is Cc1ccc(S(=O)(=O)Nc2ccc(-c3nc4c(C)cccc4[nH]3)cc2)cc1. The lowest BCUT2D eigenvalue weighted by Crippen LogP contribution is -2.12. The molecule has 1 heterocycles. The standard InChI is InChI=1S/C21H19N3O2S/c1-14-6-12-18(13-7-14)27(25,26)24-17-10-8-16(9-11-17)21-22-19-5-3-4-15(2)20(19)23-21/h3-13,24H,1-2H3,(H,22,23). The fourth-order valence-electron chi connectivity index (χ4n) is 2.94. The van der Waals surface area contributed by atoms with Gasteiger partial charge in [-0.3, -0.25) is 4.72 Å². The molecule has 0 aliphatic carbocycles. The van der Waals surface area contributed by atoms with Crippen LogP contribution in [0.2, 0.25) is 0 Å². The summed E-state index contributed by atoms with van der Waals surface area (Å²) in [5.41, 5.74) is 5.44. The lowest BCUT2D eigenvalue weighted by atomic mass is 10.2. The number of rotatable bonds is 4. The van der Waals surface area contributed by atoms with Gasteiger partial charge in [-0.2, -0.15) is 0 Å². The van der Waals surface area contributed by atoms with Crippen LogP contribution < -0.4 is 4.72 Å². The van der Waals surface area contributed by atoms with E-state index in [4.69, 9.17) is 0 Å². The Kier molecular flexibility index (Phi) is 4.20. The van der Waals surface area contributed by atoms with E-state index >= 15 is 0 Å². The van der Waals surface area contributed by atoms with Crippen molar-refractivity contribution in [3.05, 3.63) is 77.9 Å². The van der Waals surface area contributed by atoms with Gasteiger partial charge in [0.15, 0.2) is 0 Å². The van der Waals surface area contributed by atoms with Gasteiger partial charge in [0.05, 0.1) is 15.9 Å². The molecule has 0 fully saturated rings. The maximum Gasteiger partial charge on any atom is 0.261 e. The van der Waals surface area contributed by atoms with E-state index in [1.165, 1.54) is 0 Å². The Morgan fingerprint density at radius 2 is 1.59 bits per heavy atom. The normalized spacial score (nSPS) is 11.6. The van der Waals surface area contributed by atoms with Crippen molar-refractivity contribution in [3.8, 4) is 11.4 Å². The van der Waals surface area contributed by atoms with Gasteiger partial charge in [-0.1, -0.05) is 29.8 Å². The van der Waals surface area contributed by atoms with Crippen LogP contribution in [0.3, 0.4) is 0 Å². The molecule has 27 heavy (non-hydrogen) atoms. The molecule has 0 unspecified atom stereocenters. The van der Waals surface area contributed by atoms with Crippen molar-refractivity contribution in [1.29, 1.82) is 0 Å². The second-order valence-electron chi connectivity index (χ2n) is 6.55. The highest BCUT2D eigenvalue weighted by Crippen LogP contribution is 2.24. The van der Waals surface area contributed by atoms with Gasteiger partial charge in [0.25, 0.3) is 10.0 Å². The van der Waals surface area contributed by atoms with Crippen molar-refractivity contribution in [1.82, 2.24) is 9.97 Å². The summed E-state index contributed by atoms with van der Waals surface area (Å²) in [6, 6.07) is 19.9. The lowest BCUT2D eigenvalue weighted by Gasteiger charge is -2.08. The number of aryl methyl sites for hydroxylation is 2. The molecule has 0 aliphatic heterocycles. The second kappa shape index (κ2) is 6.55. The minimum absolute atomic E-state index is 0.241. The molecular formula is C21H19N3O2S. The Morgan fingerprint density at radius 1 is 0.889 bits per heavy atom. The molecular weight excluding hydrogens is 358 g/mol. The number of para-hydroxylation sites is 1. The highest BCUT2D eigenvalue weighted by atomic mass is 32.2. The smallest absolute Gasteiger partial charge is 0.261 e. The lowest BCUT2D eigenvalue weighted by molar-refractivity contribution is 0.601. The van der Waals surface area contributed by atoms with Gasteiger partial charge in [-0.05, 0) is 61.9 Å². The first-order chi connectivity index (χ1) is 12.9. The monoisotopic (exact) mass is 377 g/mol. The Bertz CT molecular complexity index is 1210. The van der Waals surface area contributed by atoms with Crippen molar-refractivity contribution < 1.29 is 8.42 Å². The minimum atomic E-state index is -3.61. The van der Waals surface area contributed by atoms with Crippen LogP contribution in [-0.2, 0) is 10.0 Å². The molecule has 6 heteroatoms. The van der Waals surface area contributed by atoms with Crippen molar-refractivity contribution in [2.75, 3.05) is 4.72 Å². The van der Waals surface area contributed by atoms with Gasteiger partial charge in [-0.25, -0.2) is 13.4 Å². The topological polar surface area (TPSA) is 74.8 Å². The summed E-state index contributed by atoms with van der Waals surface area (Å²) < 4.78 is 27.6. The third-order valence-electron chi connectivity index (χ3n) is 4.46. The molecule has 0 amide bonds. The van der Waals surface area contributed by atoms with Gasteiger partial charge < -0.3 is 4.98 Å². The molecule has 5 nitrogen and oxygen atoms in total. The van der Waals surface area contributed by atoms with Crippen LogP contribution in [0.1, 0.15) is 11.1 Å². The maximum absolute atomic E-state index is 12.5. The first kappa shape index (κ1) is 17.3. The van der Waals surface area contributed by atoms with Gasteiger partial charge in [0.1, 0.15) is 5.82 Å². The van der Waals surface area contributed by atoms with E-state index in [-0.39, 0.29) is 4.90 Å². The molecule has 0 bridgehead atoms. The van der Waals surface area contributed by atoms with E-state index in [1.807, 2.05) is 44.2 Å². The van der Waals surface area contributed by atoms with E-state index in [0.29, 0.717) is 5.69 Å². The number of aromatic nitrogens is 2. The summed E-state index contributed by atoms with van der Waals surface area (Å²) in [6.45, 7) is 3.94. The van der Waals surface area contributed by atoms with Crippen molar-refractivity contribution in [2.24, 2.45) is 0 Å². The second-order valence-corrected chi connectivity index (χ2v) is 8.23. The van der Waals surface area contributed by atoms with E-state index in [1.54, 1.807) is 36.4 Å². The molecule has 0 spiro atoms. The van der Waals surface area contributed by atoms with Crippen LogP contribution in [0, 0.1) is 13.8 Å². The molecule has 0 saturated heterocycles. The quantitative estimate of drug-likeness (QED) is 0.544. The van der Waals surface area contributed by atoms with E-state index in [9.17, 15) is 8.42 Å². The van der Waals surface area contributed by atoms with Crippen LogP contribution >= 0.6 is 0 Å². The molecule has 3 aromatic carbocycles. The number of anilines is 1. The van der Waals surface area contributed by atoms with Crippen LogP contribution in [0.5, 0.6) is 0 Å². The van der Waals surface area contributed by atoms with Crippen LogP contribution in [0.25, 0.3) is 22.4 Å².